The van der Waals surface area contributed by atoms with Crippen LogP contribution in [0.2, 0.25) is 0 Å². The molecule has 0 aliphatic carbocycles. The first-order chi connectivity index (χ1) is 13.0. The molecule has 3 aromatic rings. The number of nitrogens with zero attached hydrogens (tertiary/aromatic N) is 4. The molecule has 1 unspecified atom stereocenters. The van der Waals surface area contributed by atoms with Gasteiger partial charge in [0, 0.05) is 30.4 Å². The van der Waals surface area contributed by atoms with Crippen LogP contribution in [0.3, 0.4) is 0 Å². The van der Waals surface area contributed by atoms with Crippen molar-refractivity contribution in [1.82, 2.24) is 14.8 Å². The van der Waals surface area contributed by atoms with Gasteiger partial charge in [-0.3, -0.25) is 14.9 Å². The van der Waals surface area contributed by atoms with Gasteiger partial charge in [-0.1, -0.05) is 48.2 Å². The number of hydrogen-bond acceptors (Lipinski definition) is 6. The van der Waals surface area contributed by atoms with E-state index in [4.69, 9.17) is 0 Å². The number of non-ortho nitro benzene ring substituents is 1. The van der Waals surface area contributed by atoms with Crippen molar-refractivity contribution in [2.45, 2.75) is 17.3 Å². The van der Waals surface area contributed by atoms with E-state index in [-0.39, 0.29) is 11.6 Å². The van der Waals surface area contributed by atoms with Gasteiger partial charge in [0.2, 0.25) is 5.91 Å². The second-order valence-corrected chi connectivity index (χ2v) is 7.10. The predicted octanol–water partition coefficient (Wildman–Crippen LogP) is 3.51. The van der Waals surface area contributed by atoms with Crippen molar-refractivity contribution in [2.24, 2.45) is 7.05 Å². The van der Waals surface area contributed by atoms with E-state index >= 15 is 0 Å². The van der Waals surface area contributed by atoms with Gasteiger partial charge in [-0.25, -0.2) is 0 Å². The number of nitro benzene ring substituents is 1. The number of carbonyl (C=O) groups excluding carboxylic acids is 1. The summed E-state index contributed by atoms with van der Waals surface area (Å²) >= 11 is 1.27. The summed E-state index contributed by atoms with van der Waals surface area (Å²) in [5.74, 6) is 0.439. The molecule has 8 nitrogen and oxygen atoms in total. The summed E-state index contributed by atoms with van der Waals surface area (Å²) in [7, 11) is 1.84. The van der Waals surface area contributed by atoms with Crippen molar-refractivity contribution in [2.75, 3.05) is 5.32 Å². The highest BCUT2D eigenvalue weighted by atomic mass is 32.2. The number of thioether (sulfide) groups is 1. The minimum atomic E-state index is -0.501. The van der Waals surface area contributed by atoms with Crippen molar-refractivity contribution >= 4 is 29.0 Å². The van der Waals surface area contributed by atoms with Gasteiger partial charge < -0.3 is 9.88 Å². The van der Waals surface area contributed by atoms with Crippen LogP contribution >= 0.6 is 11.8 Å². The molecule has 27 heavy (non-hydrogen) atoms. The lowest BCUT2D eigenvalue weighted by Gasteiger charge is -2.11. The number of benzene rings is 2. The molecule has 0 aliphatic heterocycles. The lowest BCUT2D eigenvalue weighted by Crippen LogP contribution is -2.22. The van der Waals surface area contributed by atoms with E-state index in [1.54, 1.807) is 13.0 Å². The molecule has 0 saturated carbocycles. The monoisotopic (exact) mass is 383 g/mol. The SMILES string of the molecule is CC(Sc1nnc(-c2ccccc2)n1C)C(=O)Nc1cccc([N+](=O)[O-])c1. The van der Waals surface area contributed by atoms with Crippen LogP contribution in [0.15, 0.2) is 59.8 Å². The average molecular weight is 383 g/mol. The van der Waals surface area contributed by atoms with Gasteiger partial charge in [0.15, 0.2) is 11.0 Å². The van der Waals surface area contributed by atoms with E-state index in [0.717, 1.165) is 5.56 Å². The van der Waals surface area contributed by atoms with Crippen LogP contribution < -0.4 is 5.32 Å². The Hall–Kier alpha value is -3.20. The van der Waals surface area contributed by atoms with Gasteiger partial charge in [-0.2, -0.15) is 0 Å². The molecule has 3 rings (SSSR count). The molecule has 1 amide bonds. The second-order valence-electron chi connectivity index (χ2n) is 5.79. The van der Waals surface area contributed by atoms with Gasteiger partial charge in [0.1, 0.15) is 0 Å². The van der Waals surface area contributed by atoms with Crippen LogP contribution in [-0.2, 0) is 11.8 Å². The minimum absolute atomic E-state index is 0.0751. The molecular weight excluding hydrogens is 366 g/mol. The first kappa shape index (κ1) is 18.6. The first-order valence-electron chi connectivity index (χ1n) is 8.12. The maximum atomic E-state index is 12.4. The van der Waals surface area contributed by atoms with Crippen LogP contribution in [0, 0.1) is 10.1 Å². The number of nitro groups is 1. The normalized spacial score (nSPS) is 11.8. The van der Waals surface area contributed by atoms with Crippen LogP contribution in [0.5, 0.6) is 0 Å². The summed E-state index contributed by atoms with van der Waals surface area (Å²) < 4.78 is 1.83. The molecular formula is C18H17N5O3S. The van der Waals surface area contributed by atoms with E-state index in [2.05, 4.69) is 15.5 Å². The Bertz CT molecular complexity index is 974. The third-order valence-corrected chi connectivity index (χ3v) is 4.98. The minimum Gasteiger partial charge on any atom is -0.325 e. The number of carbonyl (C=O) groups is 1. The topological polar surface area (TPSA) is 103 Å². The third kappa shape index (κ3) is 4.32. The van der Waals surface area contributed by atoms with E-state index in [9.17, 15) is 14.9 Å². The molecule has 1 N–H and O–H groups in total. The molecule has 0 fully saturated rings. The highest BCUT2D eigenvalue weighted by Gasteiger charge is 2.20. The van der Waals surface area contributed by atoms with Crippen molar-refractivity contribution < 1.29 is 9.72 Å². The molecule has 2 aromatic carbocycles. The maximum Gasteiger partial charge on any atom is 0.271 e. The van der Waals surface area contributed by atoms with Crippen LogP contribution in [0.1, 0.15) is 6.92 Å². The maximum absolute atomic E-state index is 12.4. The van der Waals surface area contributed by atoms with Gasteiger partial charge >= 0.3 is 0 Å². The van der Waals surface area contributed by atoms with Gasteiger partial charge in [0.25, 0.3) is 5.69 Å². The van der Waals surface area contributed by atoms with E-state index in [1.807, 2.05) is 41.9 Å². The largest absolute Gasteiger partial charge is 0.325 e. The predicted molar refractivity (Wildman–Crippen MR) is 103 cm³/mol. The van der Waals surface area contributed by atoms with Gasteiger partial charge in [0.05, 0.1) is 10.2 Å². The van der Waals surface area contributed by atoms with E-state index < -0.39 is 10.2 Å². The van der Waals surface area contributed by atoms with E-state index in [0.29, 0.717) is 16.7 Å². The lowest BCUT2D eigenvalue weighted by atomic mass is 10.2. The average Bonchev–Trinajstić information content (AvgIpc) is 3.03. The summed E-state index contributed by atoms with van der Waals surface area (Å²) in [4.78, 5) is 22.8. The fourth-order valence-corrected chi connectivity index (χ4v) is 3.22. The Morgan fingerprint density at radius 1 is 1.19 bits per heavy atom. The summed E-state index contributed by atoms with van der Waals surface area (Å²) in [5.41, 5.74) is 1.24. The third-order valence-electron chi connectivity index (χ3n) is 3.84. The van der Waals surface area contributed by atoms with Crippen LogP contribution in [0.4, 0.5) is 11.4 Å². The molecule has 0 aliphatic rings. The molecule has 1 atom stereocenters. The lowest BCUT2D eigenvalue weighted by molar-refractivity contribution is -0.384. The molecule has 0 radical (unpaired) electrons. The zero-order chi connectivity index (χ0) is 19.4. The Labute approximate surface area is 159 Å². The smallest absolute Gasteiger partial charge is 0.271 e. The number of rotatable bonds is 6. The fourth-order valence-electron chi connectivity index (χ4n) is 2.41. The molecule has 0 bridgehead atoms. The zero-order valence-corrected chi connectivity index (χ0v) is 15.5. The van der Waals surface area contributed by atoms with E-state index in [1.165, 1.54) is 30.0 Å². The Kier molecular flexibility index (Phi) is 5.51. The van der Waals surface area contributed by atoms with Gasteiger partial charge in [-0.15, -0.1) is 10.2 Å². The number of amides is 1. The number of anilines is 1. The summed E-state index contributed by atoms with van der Waals surface area (Å²) in [6, 6.07) is 15.5. The second kappa shape index (κ2) is 8.00. The summed E-state index contributed by atoms with van der Waals surface area (Å²) in [5, 5.41) is 22.0. The zero-order valence-electron chi connectivity index (χ0n) is 14.7. The first-order valence-corrected chi connectivity index (χ1v) is 9.00. The number of aromatic nitrogens is 3. The van der Waals surface area contributed by atoms with Crippen LogP contribution in [0.25, 0.3) is 11.4 Å². The van der Waals surface area contributed by atoms with Crippen molar-refractivity contribution in [3.63, 3.8) is 0 Å². The van der Waals surface area contributed by atoms with Crippen LogP contribution in [-0.4, -0.2) is 30.8 Å². The molecule has 0 saturated heterocycles. The summed E-state index contributed by atoms with van der Waals surface area (Å²) in [6.07, 6.45) is 0. The summed E-state index contributed by atoms with van der Waals surface area (Å²) in [6.45, 7) is 1.74. The van der Waals surface area contributed by atoms with Gasteiger partial charge in [-0.05, 0) is 13.0 Å². The molecule has 1 heterocycles. The molecule has 138 valence electrons. The molecule has 1 aromatic heterocycles. The van der Waals surface area contributed by atoms with Crippen molar-refractivity contribution in [3.05, 3.63) is 64.7 Å². The highest BCUT2D eigenvalue weighted by molar-refractivity contribution is 8.00. The van der Waals surface area contributed by atoms with Crippen molar-refractivity contribution in [1.29, 1.82) is 0 Å². The Morgan fingerprint density at radius 2 is 1.93 bits per heavy atom. The molecule has 0 spiro atoms. The molecule has 9 heteroatoms. The Balaban J connectivity index is 1.69. The quantitative estimate of drug-likeness (QED) is 0.397. The Morgan fingerprint density at radius 3 is 2.63 bits per heavy atom. The highest BCUT2D eigenvalue weighted by Crippen LogP contribution is 2.26. The standard InChI is InChI=1S/C18H17N5O3S/c1-12(17(24)19-14-9-6-10-15(11-14)23(25)26)27-18-21-20-16(22(18)2)13-7-4-3-5-8-13/h3-12H,1-2H3,(H,19,24). The number of hydrogen-bond donors (Lipinski definition) is 1. The van der Waals surface area contributed by atoms with Crippen molar-refractivity contribution in [3.8, 4) is 11.4 Å². The number of nitrogens with one attached hydrogen (secondary N) is 1. The fraction of sp³-hybridized carbons (Fsp3) is 0.167.